The maximum Gasteiger partial charge on any atom is 0.351 e. The SMILES string of the molecule is Cl.Cl/C(=C\[I+]c1ccccc1)c1ccccc1. The van der Waals surface area contributed by atoms with Gasteiger partial charge < -0.3 is 0 Å². The summed E-state index contributed by atoms with van der Waals surface area (Å²) in [6, 6.07) is 20.6. The lowest BCUT2D eigenvalue weighted by Gasteiger charge is -1.93. The first-order valence-electron chi connectivity index (χ1n) is 4.96. The van der Waals surface area contributed by atoms with E-state index < -0.39 is 0 Å². The lowest BCUT2D eigenvalue weighted by atomic mass is 10.2. The highest BCUT2D eigenvalue weighted by atomic mass is 127. The molecule has 0 amide bonds. The van der Waals surface area contributed by atoms with Gasteiger partial charge in [0.05, 0.1) is 5.03 Å². The molecule has 3 heteroatoms. The average Bonchev–Trinajstić information content (AvgIpc) is 2.38. The highest BCUT2D eigenvalue weighted by Gasteiger charge is 2.09. The summed E-state index contributed by atoms with van der Waals surface area (Å²) in [6.07, 6.45) is 0. The lowest BCUT2D eigenvalue weighted by molar-refractivity contribution is -0.555. The summed E-state index contributed by atoms with van der Waals surface area (Å²) in [5, 5.41) is 0.859. The molecule has 2 aromatic rings. The van der Waals surface area contributed by atoms with Gasteiger partial charge in [0.2, 0.25) is 0 Å². The van der Waals surface area contributed by atoms with Crippen LogP contribution in [0, 0.1) is 3.57 Å². The first kappa shape index (κ1) is 14.6. The van der Waals surface area contributed by atoms with Gasteiger partial charge in [-0.3, -0.25) is 0 Å². The second kappa shape index (κ2) is 7.75. The minimum Gasteiger partial charge on any atom is -0.147 e. The van der Waals surface area contributed by atoms with Crippen LogP contribution in [0.5, 0.6) is 0 Å². The molecule has 0 heterocycles. The van der Waals surface area contributed by atoms with E-state index in [0.29, 0.717) is 0 Å². The van der Waals surface area contributed by atoms with Crippen molar-refractivity contribution < 1.29 is 21.2 Å². The van der Waals surface area contributed by atoms with Crippen LogP contribution in [0.1, 0.15) is 5.56 Å². The third-order valence-corrected chi connectivity index (χ3v) is 5.13. The van der Waals surface area contributed by atoms with E-state index in [1.165, 1.54) is 3.57 Å². The Morgan fingerprint density at radius 2 is 1.41 bits per heavy atom. The van der Waals surface area contributed by atoms with Crippen molar-refractivity contribution in [3.8, 4) is 0 Å². The maximum absolute atomic E-state index is 6.24. The van der Waals surface area contributed by atoms with Crippen LogP contribution < -0.4 is 21.2 Å². The molecule has 0 radical (unpaired) electrons. The van der Waals surface area contributed by atoms with E-state index in [0.717, 1.165) is 10.6 Å². The molecule has 0 aliphatic heterocycles. The van der Waals surface area contributed by atoms with Gasteiger partial charge in [-0.05, 0) is 17.7 Å². The van der Waals surface area contributed by atoms with Crippen LogP contribution in [0.15, 0.2) is 64.7 Å². The zero-order chi connectivity index (χ0) is 11.2. The molecule has 0 aliphatic carbocycles. The summed E-state index contributed by atoms with van der Waals surface area (Å²) < 4.78 is 3.54. The van der Waals surface area contributed by atoms with Gasteiger partial charge in [0.25, 0.3) is 0 Å². The van der Waals surface area contributed by atoms with E-state index in [-0.39, 0.29) is 33.6 Å². The molecule has 0 saturated heterocycles. The molecule has 0 aliphatic rings. The normalized spacial score (nSPS) is 10.8. The molecular weight excluding hydrogens is 366 g/mol. The fourth-order valence-electron chi connectivity index (χ4n) is 1.26. The Hall–Kier alpha value is -0.510. The largest absolute Gasteiger partial charge is 0.351 e. The molecule has 0 bridgehead atoms. The third-order valence-electron chi connectivity index (χ3n) is 2.06. The second-order valence-electron chi connectivity index (χ2n) is 3.23. The van der Waals surface area contributed by atoms with Crippen LogP contribution in [0.25, 0.3) is 5.03 Å². The van der Waals surface area contributed by atoms with E-state index >= 15 is 0 Å². The molecule has 17 heavy (non-hydrogen) atoms. The second-order valence-corrected chi connectivity index (χ2v) is 6.13. The van der Waals surface area contributed by atoms with Crippen LogP contribution in [0.4, 0.5) is 0 Å². The Bertz CT molecular complexity index is 466. The predicted octanol–water partition coefficient (Wildman–Crippen LogP) is 1.60. The fraction of sp³-hybridized carbons (Fsp3) is 0. The van der Waals surface area contributed by atoms with Crippen molar-refractivity contribution in [2.45, 2.75) is 0 Å². The molecule has 0 saturated carbocycles. The van der Waals surface area contributed by atoms with Gasteiger partial charge >= 0.3 is 21.2 Å². The van der Waals surface area contributed by atoms with E-state index in [9.17, 15) is 0 Å². The summed E-state index contributed by atoms with van der Waals surface area (Å²) in [4.78, 5) is 0. The number of hydrogen-bond acceptors (Lipinski definition) is 0. The standard InChI is InChI=1S/C14H11ClI.ClH/c15-14(12-7-3-1-4-8-12)11-16-13-9-5-2-6-10-13;/h1-11H;1H/q+1;/b14-11-;. The number of rotatable bonds is 3. The fourth-order valence-corrected chi connectivity index (χ4v) is 3.48. The van der Waals surface area contributed by atoms with Crippen molar-refractivity contribution >= 4 is 29.0 Å². The van der Waals surface area contributed by atoms with Gasteiger partial charge in [0.1, 0.15) is 0 Å². The van der Waals surface area contributed by atoms with E-state index in [2.05, 4.69) is 28.3 Å². The van der Waals surface area contributed by atoms with Gasteiger partial charge in [-0.2, -0.15) is 0 Å². The number of hydrogen-bond donors (Lipinski definition) is 0. The topological polar surface area (TPSA) is 0 Å². The van der Waals surface area contributed by atoms with Gasteiger partial charge in [0.15, 0.2) is 7.65 Å². The van der Waals surface area contributed by atoms with Crippen LogP contribution in [0.2, 0.25) is 0 Å². The summed E-state index contributed by atoms with van der Waals surface area (Å²) in [6.45, 7) is 0. The Morgan fingerprint density at radius 3 is 2.00 bits per heavy atom. The summed E-state index contributed by atoms with van der Waals surface area (Å²) in [5.74, 6) is 0. The Kier molecular flexibility index (Phi) is 6.63. The molecule has 88 valence electrons. The summed E-state index contributed by atoms with van der Waals surface area (Å²) >= 11 is 6.11. The van der Waals surface area contributed by atoms with E-state index in [1.54, 1.807) is 0 Å². The smallest absolute Gasteiger partial charge is 0.147 e. The number of halogens is 3. The maximum atomic E-state index is 6.24. The molecule has 0 fully saturated rings. The first-order valence-corrected chi connectivity index (χ1v) is 7.66. The molecule has 2 rings (SSSR count). The molecule has 0 N–H and O–H groups in total. The zero-order valence-corrected chi connectivity index (χ0v) is 12.7. The van der Waals surface area contributed by atoms with E-state index in [1.807, 2.05) is 36.4 Å². The minimum atomic E-state index is -0.133. The van der Waals surface area contributed by atoms with E-state index in [4.69, 9.17) is 11.6 Å². The predicted molar refractivity (Wildman–Crippen MR) is 72.7 cm³/mol. The molecule has 2 aromatic carbocycles. The molecule has 0 spiro atoms. The lowest BCUT2D eigenvalue weighted by Crippen LogP contribution is -3.59. The highest BCUT2D eigenvalue weighted by molar-refractivity contribution is 6.48. The van der Waals surface area contributed by atoms with Crippen molar-refractivity contribution in [1.29, 1.82) is 0 Å². The van der Waals surface area contributed by atoms with Gasteiger partial charge in [-0.25, -0.2) is 0 Å². The van der Waals surface area contributed by atoms with Crippen LogP contribution in [0.3, 0.4) is 0 Å². The summed E-state index contributed by atoms with van der Waals surface area (Å²) in [5.41, 5.74) is 1.10. The summed E-state index contributed by atoms with van der Waals surface area (Å²) in [7, 11) is 0. The van der Waals surface area contributed by atoms with Gasteiger partial charge in [-0.1, -0.05) is 60.1 Å². The number of benzene rings is 2. The molecule has 0 unspecified atom stereocenters. The quantitative estimate of drug-likeness (QED) is 0.713. The zero-order valence-electron chi connectivity index (χ0n) is 9.02. The van der Waals surface area contributed by atoms with Gasteiger partial charge in [-0.15, -0.1) is 12.4 Å². The Labute approximate surface area is 123 Å². The van der Waals surface area contributed by atoms with Crippen LogP contribution in [-0.4, -0.2) is 0 Å². The molecular formula is C14H12Cl2I+. The van der Waals surface area contributed by atoms with Gasteiger partial charge in [0, 0.05) is 0 Å². The van der Waals surface area contributed by atoms with Crippen molar-refractivity contribution in [2.75, 3.05) is 0 Å². The first-order chi connectivity index (χ1) is 7.86. The molecule has 0 aromatic heterocycles. The van der Waals surface area contributed by atoms with Crippen molar-refractivity contribution in [3.63, 3.8) is 0 Å². The average molecular weight is 378 g/mol. The minimum absolute atomic E-state index is 0. The third kappa shape index (κ3) is 4.70. The van der Waals surface area contributed by atoms with Crippen LogP contribution in [-0.2, 0) is 0 Å². The van der Waals surface area contributed by atoms with Crippen LogP contribution >= 0.6 is 24.0 Å². The monoisotopic (exact) mass is 377 g/mol. The Morgan fingerprint density at radius 1 is 0.882 bits per heavy atom. The highest BCUT2D eigenvalue weighted by Crippen LogP contribution is 2.15. The Balaban J connectivity index is 0.00000144. The van der Waals surface area contributed by atoms with Crippen molar-refractivity contribution in [1.82, 2.24) is 0 Å². The molecule has 0 atom stereocenters. The van der Waals surface area contributed by atoms with Crippen molar-refractivity contribution in [2.24, 2.45) is 0 Å². The molecule has 0 nitrogen and oxygen atoms in total. The van der Waals surface area contributed by atoms with Crippen molar-refractivity contribution in [3.05, 3.63) is 73.9 Å².